The molecule has 0 amide bonds. The molecule has 2 heterocycles. The summed E-state index contributed by atoms with van der Waals surface area (Å²) in [5.41, 5.74) is 1.99. The number of hydrogen-bond donors (Lipinski definition) is 0. The van der Waals surface area contributed by atoms with Crippen LogP contribution in [0, 0.1) is 0 Å². The van der Waals surface area contributed by atoms with Gasteiger partial charge in [-0.05, 0) is 30.4 Å². The van der Waals surface area contributed by atoms with E-state index in [0.29, 0.717) is 0 Å². The van der Waals surface area contributed by atoms with E-state index in [2.05, 4.69) is 18.0 Å². The largest absolute Gasteiger partial charge is 0.349 e. The number of aromatic nitrogens is 2. The lowest BCUT2D eigenvalue weighted by molar-refractivity contribution is 0.923. The molecule has 0 radical (unpaired) electrons. The van der Waals surface area contributed by atoms with Crippen molar-refractivity contribution in [3.8, 4) is 0 Å². The maximum atomic E-state index is 13.1. The van der Waals surface area contributed by atoms with Gasteiger partial charge in [-0.2, -0.15) is 0 Å². The predicted octanol–water partition coefficient (Wildman–Crippen LogP) is 5.74. The second-order valence-corrected chi connectivity index (χ2v) is 8.56. The van der Waals surface area contributed by atoms with Gasteiger partial charge in [-0.25, -0.2) is 0 Å². The van der Waals surface area contributed by atoms with Crippen LogP contribution in [0.4, 0.5) is 0 Å². The van der Waals surface area contributed by atoms with Crippen LogP contribution in [0.3, 0.4) is 0 Å². The zero-order chi connectivity index (χ0) is 18.8. The highest BCUT2D eigenvalue weighted by Crippen LogP contribution is 2.39. The van der Waals surface area contributed by atoms with Crippen LogP contribution in [-0.2, 0) is 7.05 Å². The molecular weight excluding hydrogens is 372 g/mol. The van der Waals surface area contributed by atoms with Crippen LogP contribution in [0.1, 0.15) is 13.3 Å². The molecule has 0 aliphatic rings. The van der Waals surface area contributed by atoms with E-state index < -0.39 is 0 Å². The highest BCUT2D eigenvalue weighted by Gasteiger charge is 2.14. The number of para-hydroxylation sites is 2. The van der Waals surface area contributed by atoms with Crippen LogP contribution in [0.2, 0.25) is 0 Å². The average molecular weight is 393 g/mol. The highest BCUT2D eigenvalue weighted by molar-refractivity contribution is 8.02. The zero-order valence-corrected chi connectivity index (χ0v) is 16.9. The molecule has 5 heteroatoms. The predicted molar refractivity (Wildman–Crippen MR) is 116 cm³/mol. The van der Waals surface area contributed by atoms with E-state index in [4.69, 9.17) is 0 Å². The van der Waals surface area contributed by atoms with Crippen molar-refractivity contribution in [2.45, 2.75) is 28.0 Å². The summed E-state index contributed by atoms with van der Waals surface area (Å²) in [5, 5.41) is 1.85. The summed E-state index contributed by atoms with van der Waals surface area (Å²) in [7, 11) is 1.99. The fourth-order valence-electron chi connectivity index (χ4n) is 3.11. The molecule has 0 unspecified atom stereocenters. The van der Waals surface area contributed by atoms with E-state index in [0.717, 1.165) is 48.7 Å². The number of aryl methyl sites for hydroxylation is 1. The molecule has 0 saturated carbocycles. The van der Waals surface area contributed by atoms with Crippen molar-refractivity contribution in [3.05, 3.63) is 71.1 Å². The Hall–Kier alpha value is -2.24. The van der Waals surface area contributed by atoms with Crippen LogP contribution < -0.4 is 5.43 Å². The standard InChI is InChI=1S/C22H20N2OS2/c1-3-12-26-19-13-23-17-10-6-4-8-15(17)22(19)27-20-14-24(2)18-11-7-5-9-16(18)21(20)25/h4-11,13-14H,3,12H2,1-2H3. The molecule has 0 aliphatic heterocycles. The number of hydrogen-bond acceptors (Lipinski definition) is 4. The highest BCUT2D eigenvalue weighted by atomic mass is 32.2. The lowest BCUT2D eigenvalue weighted by Crippen LogP contribution is -2.09. The van der Waals surface area contributed by atoms with Gasteiger partial charge >= 0.3 is 0 Å². The summed E-state index contributed by atoms with van der Waals surface area (Å²) in [6, 6.07) is 15.9. The Bertz CT molecular complexity index is 1180. The third-order valence-electron chi connectivity index (χ3n) is 4.43. The summed E-state index contributed by atoms with van der Waals surface area (Å²) in [6.07, 6.45) is 4.98. The van der Waals surface area contributed by atoms with E-state index in [1.54, 1.807) is 23.5 Å². The maximum Gasteiger partial charge on any atom is 0.203 e. The van der Waals surface area contributed by atoms with E-state index in [1.165, 1.54) is 0 Å². The summed E-state index contributed by atoms with van der Waals surface area (Å²) in [5.74, 6) is 1.03. The van der Waals surface area contributed by atoms with Crippen molar-refractivity contribution in [1.82, 2.24) is 9.55 Å². The second kappa shape index (κ2) is 7.79. The lowest BCUT2D eigenvalue weighted by atomic mass is 10.2. The van der Waals surface area contributed by atoms with Gasteiger partial charge in [0.1, 0.15) is 0 Å². The quantitative estimate of drug-likeness (QED) is 0.406. The zero-order valence-electron chi connectivity index (χ0n) is 15.3. The average Bonchev–Trinajstić information content (AvgIpc) is 2.71. The first kappa shape index (κ1) is 18.1. The van der Waals surface area contributed by atoms with Crippen LogP contribution >= 0.6 is 23.5 Å². The molecule has 0 saturated heterocycles. The normalized spacial score (nSPS) is 11.3. The summed E-state index contributed by atoms with van der Waals surface area (Å²) < 4.78 is 2.03. The minimum Gasteiger partial charge on any atom is -0.349 e. The molecule has 0 bridgehead atoms. The smallest absolute Gasteiger partial charge is 0.203 e. The number of fused-ring (bicyclic) bond motifs is 2. The van der Waals surface area contributed by atoms with Gasteiger partial charge in [0.15, 0.2) is 0 Å². The Morgan fingerprint density at radius 3 is 2.56 bits per heavy atom. The minimum absolute atomic E-state index is 0.0843. The topological polar surface area (TPSA) is 34.9 Å². The summed E-state index contributed by atoms with van der Waals surface area (Å²) >= 11 is 3.36. The van der Waals surface area contributed by atoms with Crippen molar-refractivity contribution < 1.29 is 0 Å². The van der Waals surface area contributed by atoms with Gasteiger partial charge in [0, 0.05) is 40.0 Å². The van der Waals surface area contributed by atoms with Crippen molar-refractivity contribution >= 4 is 45.3 Å². The van der Waals surface area contributed by atoms with Gasteiger partial charge in [0.05, 0.1) is 15.9 Å². The molecule has 27 heavy (non-hydrogen) atoms. The molecule has 0 N–H and O–H groups in total. The Kier molecular flexibility index (Phi) is 5.23. The Balaban J connectivity index is 1.89. The molecular formula is C22H20N2OS2. The molecule has 0 atom stereocenters. The summed E-state index contributed by atoms with van der Waals surface area (Å²) in [4.78, 5) is 20.7. The number of rotatable bonds is 5. The van der Waals surface area contributed by atoms with Gasteiger partial charge in [0.25, 0.3) is 0 Å². The SMILES string of the molecule is CCCSc1cnc2ccccc2c1Sc1cn(C)c2ccccc2c1=O. The van der Waals surface area contributed by atoms with Crippen LogP contribution in [0.15, 0.2) is 80.4 Å². The Morgan fingerprint density at radius 2 is 1.74 bits per heavy atom. The number of thioether (sulfide) groups is 1. The first-order valence-electron chi connectivity index (χ1n) is 8.96. The van der Waals surface area contributed by atoms with Gasteiger partial charge in [-0.3, -0.25) is 9.78 Å². The Labute approximate surface area is 166 Å². The van der Waals surface area contributed by atoms with Gasteiger partial charge in [0.2, 0.25) is 5.43 Å². The molecule has 4 aromatic rings. The monoisotopic (exact) mass is 392 g/mol. The van der Waals surface area contributed by atoms with E-state index in [9.17, 15) is 4.79 Å². The first-order chi connectivity index (χ1) is 13.2. The molecule has 0 fully saturated rings. The summed E-state index contributed by atoms with van der Waals surface area (Å²) in [6.45, 7) is 2.17. The van der Waals surface area contributed by atoms with E-state index in [-0.39, 0.29) is 5.43 Å². The third-order valence-corrected chi connectivity index (χ3v) is 6.95. The molecule has 0 spiro atoms. The molecule has 0 aliphatic carbocycles. The number of pyridine rings is 2. The first-order valence-corrected chi connectivity index (χ1v) is 10.8. The Morgan fingerprint density at radius 1 is 1.00 bits per heavy atom. The van der Waals surface area contributed by atoms with Crippen molar-refractivity contribution in [2.24, 2.45) is 7.05 Å². The second-order valence-electron chi connectivity index (χ2n) is 6.37. The lowest BCUT2D eigenvalue weighted by Gasteiger charge is -2.13. The minimum atomic E-state index is 0.0843. The van der Waals surface area contributed by atoms with Crippen LogP contribution in [0.5, 0.6) is 0 Å². The van der Waals surface area contributed by atoms with Crippen LogP contribution in [0.25, 0.3) is 21.8 Å². The van der Waals surface area contributed by atoms with Gasteiger partial charge in [-0.15, -0.1) is 11.8 Å². The van der Waals surface area contributed by atoms with E-state index >= 15 is 0 Å². The van der Waals surface area contributed by atoms with Crippen molar-refractivity contribution in [3.63, 3.8) is 0 Å². The fraction of sp³-hybridized carbons (Fsp3) is 0.182. The molecule has 3 nitrogen and oxygen atoms in total. The van der Waals surface area contributed by atoms with Gasteiger partial charge in [-0.1, -0.05) is 49.0 Å². The molecule has 2 aromatic carbocycles. The molecule has 2 aromatic heterocycles. The van der Waals surface area contributed by atoms with Crippen molar-refractivity contribution in [1.29, 1.82) is 0 Å². The van der Waals surface area contributed by atoms with E-state index in [1.807, 2.05) is 66.5 Å². The van der Waals surface area contributed by atoms with Gasteiger partial charge < -0.3 is 4.57 Å². The van der Waals surface area contributed by atoms with Crippen molar-refractivity contribution in [2.75, 3.05) is 5.75 Å². The number of benzene rings is 2. The fourth-order valence-corrected chi connectivity index (χ4v) is 5.27. The number of nitrogens with zero attached hydrogens (tertiary/aromatic N) is 2. The molecule has 4 rings (SSSR count). The van der Waals surface area contributed by atoms with Crippen LogP contribution in [-0.4, -0.2) is 15.3 Å². The third kappa shape index (κ3) is 3.49. The maximum absolute atomic E-state index is 13.1. The molecule has 136 valence electrons.